The molecule has 0 spiro atoms. The molecule has 236 valence electrons. The van der Waals surface area contributed by atoms with Gasteiger partial charge >= 0.3 is 12.4 Å². The fourth-order valence-electron chi connectivity index (χ4n) is 5.30. The summed E-state index contributed by atoms with van der Waals surface area (Å²) in [5, 5.41) is 0. The number of benzene rings is 2. The molecule has 0 radical (unpaired) electrons. The van der Waals surface area contributed by atoms with Crippen molar-refractivity contribution in [2.24, 2.45) is 11.8 Å². The molecule has 0 heterocycles. The summed E-state index contributed by atoms with van der Waals surface area (Å²) in [6.07, 6.45) is -9.92. The second-order valence-electron chi connectivity index (χ2n) is 10.5. The standard InChI is InChI=1S/C27H32F6O7S2/c1-16-7-5-6-8-22(16)25-23(15-39-42(4,36)37)18(14-38-41(3,34)35)9-10-24(25)40-17(2)19-11-20(26(28,29)30)13-21(12-19)27(31,32)33/h5-8,11-13,17-18,23-25H,9-10,14-15H2,1-4H3/t17-,18-,23-,24+,25+/m1/s1. The highest BCUT2D eigenvalue weighted by Crippen LogP contribution is 2.46. The molecule has 3 rings (SSSR count). The molecule has 1 aliphatic carbocycles. The van der Waals surface area contributed by atoms with Gasteiger partial charge in [0.2, 0.25) is 0 Å². The van der Waals surface area contributed by atoms with Crippen LogP contribution in [0.4, 0.5) is 26.3 Å². The molecule has 2 aromatic rings. The van der Waals surface area contributed by atoms with Gasteiger partial charge in [-0.2, -0.15) is 43.2 Å². The normalized spacial score (nSPS) is 23.1. The smallest absolute Gasteiger partial charge is 0.370 e. The highest BCUT2D eigenvalue weighted by Gasteiger charge is 2.44. The monoisotopic (exact) mass is 646 g/mol. The summed E-state index contributed by atoms with van der Waals surface area (Å²) in [5.74, 6) is -1.92. The van der Waals surface area contributed by atoms with E-state index in [1.807, 2.05) is 0 Å². The zero-order valence-corrected chi connectivity index (χ0v) is 24.8. The number of hydrogen-bond donors (Lipinski definition) is 0. The van der Waals surface area contributed by atoms with Crippen LogP contribution in [0.5, 0.6) is 0 Å². The van der Waals surface area contributed by atoms with E-state index in [1.54, 1.807) is 31.2 Å². The van der Waals surface area contributed by atoms with E-state index in [-0.39, 0.29) is 37.7 Å². The number of alkyl halides is 6. The van der Waals surface area contributed by atoms with Crippen LogP contribution < -0.4 is 0 Å². The molecule has 0 N–H and O–H groups in total. The maximum atomic E-state index is 13.5. The summed E-state index contributed by atoms with van der Waals surface area (Å²) in [6.45, 7) is 2.45. The highest BCUT2D eigenvalue weighted by molar-refractivity contribution is 7.86. The fourth-order valence-corrected chi connectivity index (χ4v) is 6.13. The molecule has 1 aliphatic rings. The number of halogens is 6. The fraction of sp³-hybridized carbons (Fsp3) is 0.556. The Kier molecular flexibility index (Phi) is 10.5. The van der Waals surface area contributed by atoms with Crippen LogP contribution in [0.1, 0.15) is 59.6 Å². The number of rotatable bonds is 10. The van der Waals surface area contributed by atoms with Gasteiger partial charge in [-0.1, -0.05) is 24.3 Å². The first-order valence-electron chi connectivity index (χ1n) is 12.8. The Morgan fingerprint density at radius 3 is 1.86 bits per heavy atom. The SMILES string of the molecule is Cc1ccccc1[C@H]1[C@H](COS(C)(=O)=O)[C@@H](COS(C)(=O)=O)CC[C@@H]1O[C@H](C)c1cc(C(F)(F)F)cc(C(F)(F)F)c1. The van der Waals surface area contributed by atoms with Gasteiger partial charge in [0.05, 0.1) is 49.1 Å². The number of aryl methyl sites for hydroxylation is 1. The average Bonchev–Trinajstić information content (AvgIpc) is 2.85. The third-order valence-corrected chi connectivity index (χ3v) is 8.39. The topological polar surface area (TPSA) is 96.0 Å². The first kappa shape index (κ1) is 34.3. The highest BCUT2D eigenvalue weighted by atomic mass is 32.2. The minimum absolute atomic E-state index is 0.0396. The zero-order chi connectivity index (χ0) is 31.7. The van der Waals surface area contributed by atoms with Crippen molar-refractivity contribution in [3.05, 3.63) is 70.3 Å². The van der Waals surface area contributed by atoms with Crippen LogP contribution in [-0.4, -0.2) is 48.7 Å². The Morgan fingerprint density at radius 1 is 0.833 bits per heavy atom. The Bertz CT molecular complexity index is 1420. The second-order valence-corrected chi connectivity index (χ2v) is 13.8. The van der Waals surface area contributed by atoms with Crippen molar-refractivity contribution in [2.45, 2.75) is 57.2 Å². The molecule has 0 unspecified atom stereocenters. The minimum Gasteiger partial charge on any atom is -0.370 e. The van der Waals surface area contributed by atoms with Crippen LogP contribution in [0.15, 0.2) is 42.5 Å². The van der Waals surface area contributed by atoms with Crippen molar-refractivity contribution >= 4 is 20.2 Å². The van der Waals surface area contributed by atoms with Crippen LogP contribution in [0, 0.1) is 18.8 Å². The number of ether oxygens (including phenoxy) is 1. The lowest BCUT2D eigenvalue weighted by Gasteiger charge is -2.44. The molecule has 5 atom stereocenters. The van der Waals surface area contributed by atoms with E-state index in [0.29, 0.717) is 17.7 Å². The Balaban J connectivity index is 2.06. The lowest BCUT2D eigenvalue weighted by Crippen LogP contribution is -2.43. The summed E-state index contributed by atoms with van der Waals surface area (Å²) in [5.41, 5.74) is -1.84. The van der Waals surface area contributed by atoms with Crippen molar-refractivity contribution < 1.29 is 56.3 Å². The van der Waals surface area contributed by atoms with E-state index in [2.05, 4.69) is 0 Å². The number of hydrogen-bond acceptors (Lipinski definition) is 7. The Labute approximate surface area is 241 Å². The van der Waals surface area contributed by atoms with Gasteiger partial charge < -0.3 is 4.74 Å². The molecule has 0 amide bonds. The van der Waals surface area contributed by atoms with Crippen molar-refractivity contribution in [2.75, 3.05) is 25.7 Å². The molecule has 15 heteroatoms. The van der Waals surface area contributed by atoms with Crippen LogP contribution in [0.2, 0.25) is 0 Å². The lowest BCUT2D eigenvalue weighted by atomic mass is 9.67. The van der Waals surface area contributed by atoms with Gasteiger partial charge in [-0.25, -0.2) is 0 Å². The molecule has 0 aliphatic heterocycles. The van der Waals surface area contributed by atoms with Gasteiger partial charge in [-0.15, -0.1) is 0 Å². The quantitative estimate of drug-likeness (QED) is 0.223. The molecular weight excluding hydrogens is 614 g/mol. The first-order valence-corrected chi connectivity index (χ1v) is 16.5. The van der Waals surface area contributed by atoms with Gasteiger partial charge in [0, 0.05) is 5.92 Å². The molecule has 0 aromatic heterocycles. The van der Waals surface area contributed by atoms with E-state index in [0.717, 1.165) is 18.1 Å². The van der Waals surface area contributed by atoms with Gasteiger partial charge in [0.15, 0.2) is 0 Å². The molecule has 0 saturated heterocycles. The van der Waals surface area contributed by atoms with Crippen LogP contribution in [-0.2, 0) is 45.7 Å². The summed E-state index contributed by atoms with van der Waals surface area (Å²) < 4.78 is 145. The van der Waals surface area contributed by atoms with E-state index in [4.69, 9.17) is 13.1 Å². The molecule has 7 nitrogen and oxygen atoms in total. The van der Waals surface area contributed by atoms with E-state index < -0.39 is 73.7 Å². The first-order chi connectivity index (χ1) is 19.2. The maximum Gasteiger partial charge on any atom is 0.416 e. The zero-order valence-electron chi connectivity index (χ0n) is 23.2. The van der Waals surface area contributed by atoms with E-state index >= 15 is 0 Å². The third-order valence-electron chi connectivity index (χ3n) is 7.27. The molecule has 2 aromatic carbocycles. The second kappa shape index (κ2) is 12.8. The van der Waals surface area contributed by atoms with Gasteiger partial charge in [0.25, 0.3) is 20.2 Å². The summed E-state index contributed by atoms with van der Waals surface area (Å²) in [4.78, 5) is 0. The summed E-state index contributed by atoms with van der Waals surface area (Å²) >= 11 is 0. The molecule has 1 saturated carbocycles. The van der Waals surface area contributed by atoms with Crippen LogP contribution in [0.3, 0.4) is 0 Å². The minimum atomic E-state index is -5.04. The Hall–Kier alpha value is -2.20. The van der Waals surface area contributed by atoms with Crippen molar-refractivity contribution in [3.63, 3.8) is 0 Å². The summed E-state index contributed by atoms with van der Waals surface area (Å²) in [7, 11) is -7.80. The van der Waals surface area contributed by atoms with Crippen LogP contribution in [0.25, 0.3) is 0 Å². The van der Waals surface area contributed by atoms with Crippen LogP contribution >= 0.6 is 0 Å². The van der Waals surface area contributed by atoms with Gasteiger partial charge in [0.1, 0.15) is 0 Å². The molecule has 42 heavy (non-hydrogen) atoms. The predicted octanol–water partition coefficient (Wildman–Crippen LogP) is 6.24. The lowest BCUT2D eigenvalue weighted by molar-refractivity contribution is -0.143. The van der Waals surface area contributed by atoms with Crippen molar-refractivity contribution in [1.29, 1.82) is 0 Å². The van der Waals surface area contributed by atoms with Crippen molar-refractivity contribution in [3.8, 4) is 0 Å². The Morgan fingerprint density at radius 2 is 1.36 bits per heavy atom. The maximum absolute atomic E-state index is 13.5. The van der Waals surface area contributed by atoms with Gasteiger partial charge in [-0.3, -0.25) is 8.37 Å². The van der Waals surface area contributed by atoms with E-state index in [9.17, 15) is 43.2 Å². The average molecular weight is 647 g/mol. The molecular formula is C27H32F6O7S2. The largest absolute Gasteiger partial charge is 0.416 e. The van der Waals surface area contributed by atoms with Gasteiger partial charge in [-0.05, 0) is 73.4 Å². The molecule has 1 fully saturated rings. The summed E-state index contributed by atoms with van der Waals surface area (Å²) in [6, 6.07) is 8.27. The predicted molar refractivity (Wildman–Crippen MR) is 141 cm³/mol. The van der Waals surface area contributed by atoms with E-state index in [1.165, 1.54) is 6.92 Å². The molecule has 0 bridgehead atoms. The third kappa shape index (κ3) is 9.40. The van der Waals surface area contributed by atoms with Crippen molar-refractivity contribution in [1.82, 2.24) is 0 Å².